The average molecular weight is 1670 g/mol. The summed E-state index contributed by atoms with van der Waals surface area (Å²) in [5.41, 5.74) is 36.4. The highest BCUT2D eigenvalue weighted by molar-refractivity contribution is 5.90. The second kappa shape index (κ2) is 35.5. The van der Waals surface area contributed by atoms with Crippen molar-refractivity contribution in [2.45, 2.75) is 179 Å². The van der Waals surface area contributed by atoms with E-state index in [1.54, 1.807) is 16.7 Å². The van der Waals surface area contributed by atoms with Crippen LogP contribution in [0.15, 0.2) is 365 Å². The van der Waals surface area contributed by atoms with Gasteiger partial charge in [0.05, 0.1) is 0 Å². The van der Waals surface area contributed by atoms with Gasteiger partial charge in [0.1, 0.15) is 0 Å². The molecule has 4 nitrogen and oxygen atoms in total. The molecule has 0 radical (unpaired) electrons. The number of unbranched alkanes of at least 4 members (excludes halogenated alkanes) is 2. The maximum atomic E-state index is 4.02. The Morgan fingerprint density at radius 1 is 0.258 bits per heavy atom. The topological polar surface area (TPSA) is 13.0 Å². The zero-order valence-electron chi connectivity index (χ0n) is 75.9. The summed E-state index contributed by atoms with van der Waals surface area (Å²) in [6.45, 7) is 21.2. The van der Waals surface area contributed by atoms with Crippen LogP contribution in [0.1, 0.15) is 183 Å². The van der Waals surface area contributed by atoms with Crippen molar-refractivity contribution in [3.05, 3.63) is 432 Å². The predicted octanol–water partition coefficient (Wildman–Crippen LogP) is 34.5. The van der Waals surface area contributed by atoms with Crippen molar-refractivity contribution >= 4 is 91.2 Å². The molecule has 8 bridgehead atoms. The molecule has 4 atom stereocenters. The first-order valence-electron chi connectivity index (χ1n) is 47.7. The Bertz CT molecular complexity index is 6360. The monoisotopic (exact) mass is 1670 g/mol. The van der Waals surface area contributed by atoms with Crippen LogP contribution in [-0.2, 0) is 34.5 Å². The molecule has 8 aliphatic rings. The van der Waals surface area contributed by atoms with E-state index in [-0.39, 0.29) is 21.7 Å². The van der Waals surface area contributed by atoms with Crippen LogP contribution in [0.5, 0.6) is 0 Å². The first kappa shape index (κ1) is 83.5. The summed E-state index contributed by atoms with van der Waals surface area (Å²) in [6.07, 6.45) is 27.1. The van der Waals surface area contributed by atoms with E-state index in [1.165, 1.54) is 220 Å². The minimum Gasteiger partial charge on any atom is -0.311 e. The summed E-state index contributed by atoms with van der Waals surface area (Å²) in [7, 11) is 0. The highest BCUT2D eigenvalue weighted by atomic mass is 15.2. The molecule has 23 rings (SSSR count). The van der Waals surface area contributed by atoms with Gasteiger partial charge in [0.2, 0.25) is 0 Å². The molecule has 0 heterocycles. The number of anilines is 12. The van der Waals surface area contributed by atoms with Gasteiger partial charge in [-0.25, -0.2) is 0 Å². The number of fused-ring (bicyclic) bond motifs is 1. The van der Waals surface area contributed by atoms with Crippen molar-refractivity contribution in [2.75, 3.05) is 19.6 Å². The Balaban J connectivity index is 0.000000161. The number of hydrogen-bond donors (Lipinski definition) is 0. The van der Waals surface area contributed by atoms with Gasteiger partial charge in [-0.05, 0) is 410 Å². The number of rotatable bonds is 26. The third-order valence-corrected chi connectivity index (χ3v) is 30.4. The van der Waals surface area contributed by atoms with Crippen LogP contribution in [0.2, 0.25) is 0 Å². The molecule has 4 heteroatoms. The predicted molar refractivity (Wildman–Crippen MR) is 545 cm³/mol. The quantitative estimate of drug-likeness (QED) is 0.0536. The van der Waals surface area contributed by atoms with Crippen molar-refractivity contribution in [2.24, 2.45) is 23.7 Å². The van der Waals surface area contributed by atoms with Crippen molar-refractivity contribution in [3.8, 4) is 22.3 Å². The standard InChI is InChI=1S/C63H60N2.C61H62N2/c1-4-6-9-47-16-29-57(30-17-47)64(60-36-25-55(26-37-60)63-42-48-38-49(43-63)41-62(40-48,44-63)54-23-14-46(5-2)15-24-54)58-31-18-51(19-32-58)52-20-33-59(34-21-52)65(56-27-12-45(3)13-28-56)61-35-22-50-10-7-8-11-53(50)39-61;1-6-8-9-47-14-26-55(27-15-47)62(58-32-22-53(23-33-58)61-40-48-37-49(41-61)39-60(38-48,42-61)52-20-12-46(7-2)13-21-52)56-28-16-50(17-29-56)51-18-30-57(31-19-51)63(54-24-10-43(3)11-25-54)59-35-44(4)34-45(5)36-59/h5,7-8,10-37,39,48-49H,2,4,6,9,38,40-44H2,1,3H3;7,10-36,48-49H,2,6,8-9,37-42H2,1,3-5H3. The molecule has 0 amide bonds. The lowest BCUT2D eigenvalue weighted by molar-refractivity contribution is -0.0282. The Morgan fingerprint density at radius 2 is 0.516 bits per heavy atom. The van der Waals surface area contributed by atoms with Gasteiger partial charge in [0.15, 0.2) is 0 Å². The molecular formula is C124H122N4. The van der Waals surface area contributed by atoms with Gasteiger partial charge in [-0.15, -0.1) is 0 Å². The molecule has 15 aromatic carbocycles. The molecule has 0 spiro atoms. The van der Waals surface area contributed by atoms with Gasteiger partial charge < -0.3 is 19.6 Å². The number of benzene rings is 15. The van der Waals surface area contributed by atoms with Crippen LogP contribution in [-0.4, -0.2) is 0 Å². The molecule has 15 aromatic rings. The molecule has 0 N–H and O–H groups in total. The number of nitrogens with zero attached hydrogens (tertiary/aromatic N) is 4. The fourth-order valence-corrected chi connectivity index (χ4v) is 24.9. The molecule has 638 valence electrons. The highest BCUT2D eigenvalue weighted by Crippen LogP contribution is 2.68. The maximum absolute atomic E-state index is 4.02. The molecule has 0 aliphatic heterocycles. The van der Waals surface area contributed by atoms with Gasteiger partial charge >= 0.3 is 0 Å². The van der Waals surface area contributed by atoms with Crippen molar-refractivity contribution in [3.63, 3.8) is 0 Å². The Kier molecular flexibility index (Phi) is 23.1. The fraction of sp³-hybridized carbons (Fsp3) is 0.258. The lowest BCUT2D eigenvalue weighted by Gasteiger charge is -2.63. The highest BCUT2D eigenvalue weighted by Gasteiger charge is 2.60. The summed E-state index contributed by atoms with van der Waals surface area (Å²) < 4.78 is 0. The zero-order valence-corrected chi connectivity index (χ0v) is 75.9. The minimum atomic E-state index is 0.245. The van der Waals surface area contributed by atoms with Gasteiger partial charge in [0.25, 0.3) is 0 Å². The SMILES string of the molecule is C=Cc1ccc(C23CC4CC(C2)CC(c2ccc(N(c5ccc(CCCC)cc5)c5ccc(-c6ccc(N(c7ccc(C)cc7)c7cc(C)cc(C)c7)cc6)cc5)cc2)(C4)C3)cc1.C=Cc1ccc(C23CC4CC(C2)CC(c2ccc(N(c5ccc(CCCC)cc5)c5ccc(-c6ccc(N(c7ccc(C)cc7)c7ccc8ccccc8c7)cc6)cc5)cc2)(C4)C3)cc1. The van der Waals surface area contributed by atoms with Gasteiger partial charge in [0, 0.05) is 68.2 Å². The van der Waals surface area contributed by atoms with Crippen LogP contribution in [0.4, 0.5) is 68.2 Å². The molecule has 128 heavy (non-hydrogen) atoms. The first-order chi connectivity index (χ1) is 62.6. The van der Waals surface area contributed by atoms with E-state index in [0.29, 0.717) is 0 Å². The number of aryl methyl sites for hydroxylation is 6. The molecular weight excluding hydrogens is 1550 g/mol. The third-order valence-electron chi connectivity index (χ3n) is 30.4. The van der Waals surface area contributed by atoms with Crippen LogP contribution in [0.25, 0.3) is 45.2 Å². The van der Waals surface area contributed by atoms with E-state index in [9.17, 15) is 0 Å². The van der Waals surface area contributed by atoms with Crippen LogP contribution in [0.3, 0.4) is 0 Å². The van der Waals surface area contributed by atoms with Gasteiger partial charge in [-0.1, -0.05) is 269 Å². The molecule has 0 aromatic heterocycles. The molecule has 8 saturated carbocycles. The zero-order chi connectivity index (χ0) is 87.1. The van der Waals surface area contributed by atoms with E-state index in [2.05, 4.69) is 426 Å². The molecule has 8 fully saturated rings. The normalized spacial score (nSPS) is 20.9. The molecule has 8 aliphatic carbocycles. The summed E-state index contributed by atoms with van der Waals surface area (Å²) in [4.78, 5) is 9.63. The lowest BCUT2D eigenvalue weighted by Crippen LogP contribution is -2.55. The van der Waals surface area contributed by atoms with Crippen LogP contribution < -0.4 is 19.6 Å². The van der Waals surface area contributed by atoms with Crippen molar-refractivity contribution < 1.29 is 0 Å². The summed E-state index contributed by atoms with van der Waals surface area (Å²) in [5.74, 6) is 3.24. The van der Waals surface area contributed by atoms with E-state index >= 15 is 0 Å². The summed E-state index contributed by atoms with van der Waals surface area (Å²) in [6, 6.07) is 133. The fourth-order valence-electron chi connectivity index (χ4n) is 24.9. The average Bonchev–Trinajstić information content (AvgIpc) is 0.707. The lowest BCUT2D eigenvalue weighted by atomic mass is 9.41. The smallest absolute Gasteiger partial charge is 0.0468 e. The molecule has 0 saturated heterocycles. The van der Waals surface area contributed by atoms with Crippen LogP contribution >= 0.6 is 0 Å². The van der Waals surface area contributed by atoms with Gasteiger partial charge in [-0.2, -0.15) is 0 Å². The third kappa shape index (κ3) is 16.8. The Morgan fingerprint density at radius 3 is 0.820 bits per heavy atom. The Labute approximate surface area is 762 Å². The van der Waals surface area contributed by atoms with Crippen LogP contribution in [0, 0.1) is 51.4 Å². The minimum absolute atomic E-state index is 0.245. The first-order valence-corrected chi connectivity index (χ1v) is 47.7. The van der Waals surface area contributed by atoms with Crippen molar-refractivity contribution in [1.29, 1.82) is 0 Å². The second-order valence-electron chi connectivity index (χ2n) is 39.4. The van der Waals surface area contributed by atoms with Gasteiger partial charge in [-0.3, -0.25) is 0 Å². The van der Waals surface area contributed by atoms with Crippen molar-refractivity contribution in [1.82, 2.24) is 0 Å². The van der Waals surface area contributed by atoms with E-state index < -0.39 is 0 Å². The van der Waals surface area contributed by atoms with E-state index in [0.717, 1.165) is 70.6 Å². The largest absolute Gasteiger partial charge is 0.311 e. The maximum Gasteiger partial charge on any atom is 0.0468 e. The summed E-state index contributed by atoms with van der Waals surface area (Å²) >= 11 is 0. The van der Waals surface area contributed by atoms with E-state index in [4.69, 9.17) is 0 Å². The van der Waals surface area contributed by atoms with E-state index in [1.807, 2.05) is 12.2 Å². The Hall–Kier alpha value is -12.8. The summed E-state index contributed by atoms with van der Waals surface area (Å²) in [5, 5.41) is 2.48. The second-order valence-corrected chi connectivity index (χ2v) is 39.4. The molecule has 4 unspecified atom stereocenters. The number of hydrogen-bond acceptors (Lipinski definition) is 4.